The van der Waals surface area contributed by atoms with E-state index in [0.29, 0.717) is 0 Å². The molecule has 1 heterocycles. The quantitative estimate of drug-likeness (QED) is 0.620. The fourth-order valence-electron chi connectivity index (χ4n) is 2.53. The van der Waals surface area contributed by atoms with Gasteiger partial charge >= 0.3 is 5.97 Å². The Bertz CT molecular complexity index is 521. The average molecular weight is 402 g/mol. The van der Waals surface area contributed by atoms with E-state index in [4.69, 9.17) is 4.74 Å². The zero-order valence-corrected chi connectivity index (χ0v) is 14.1. The molecule has 1 N–H and O–H groups in total. The maximum Gasteiger partial charge on any atom is 0.323 e. The smallest absolute Gasteiger partial charge is 0.323 e. The molecule has 114 valence electrons. The van der Waals surface area contributed by atoms with Gasteiger partial charge in [-0.1, -0.05) is 12.5 Å². The Kier molecular flexibility index (Phi) is 5.98. The van der Waals surface area contributed by atoms with E-state index in [1.165, 1.54) is 7.11 Å². The maximum absolute atomic E-state index is 12.1. The van der Waals surface area contributed by atoms with Gasteiger partial charge in [0.15, 0.2) is 0 Å². The highest BCUT2D eigenvalue weighted by Gasteiger charge is 2.30. The van der Waals surface area contributed by atoms with Gasteiger partial charge in [-0.25, -0.2) is 0 Å². The van der Waals surface area contributed by atoms with Crippen LogP contribution in [-0.4, -0.2) is 43.0 Å². The number of hydrogen-bond acceptors (Lipinski definition) is 4. The number of likely N-dealkylation sites (tertiary alicyclic amines) is 1. The highest BCUT2D eigenvalue weighted by atomic mass is 127. The van der Waals surface area contributed by atoms with E-state index < -0.39 is 0 Å². The molecule has 6 heteroatoms. The van der Waals surface area contributed by atoms with Crippen molar-refractivity contribution in [2.75, 3.05) is 25.5 Å². The van der Waals surface area contributed by atoms with Crippen LogP contribution in [0.5, 0.6) is 0 Å². The molecule has 21 heavy (non-hydrogen) atoms. The Morgan fingerprint density at radius 3 is 2.95 bits per heavy atom. The molecule has 1 aliphatic heterocycles. The minimum absolute atomic E-state index is 0.104. The molecule has 1 aromatic rings. The van der Waals surface area contributed by atoms with E-state index in [0.717, 1.165) is 35.1 Å². The lowest BCUT2D eigenvalue weighted by atomic mass is 10.0. The van der Waals surface area contributed by atoms with Crippen LogP contribution in [-0.2, 0) is 14.3 Å². The number of anilines is 1. The van der Waals surface area contributed by atoms with Crippen molar-refractivity contribution in [2.45, 2.75) is 25.3 Å². The fourth-order valence-corrected chi connectivity index (χ4v) is 3.08. The van der Waals surface area contributed by atoms with E-state index in [1.807, 2.05) is 29.2 Å². The summed E-state index contributed by atoms with van der Waals surface area (Å²) in [6.07, 6.45) is 2.75. The van der Waals surface area contributed by atoms with Crippen LogP contribution in [0.4, 0.5) is 5.69 Å². The molecule has 1 amide bonds. The molecule has 0 aliphatic carbocycles. The number of hydrogen-bond donors (Lipinski definition) is 1. The van der Waals surface area contributed by atoms with Gasteiger partial charge in [-0.05, 0) is 60.2 Å². The summed E-state index contributed by atoms with van der Waals surface area (Å²) < 4.78 is 5.89. The summed E-state index contributed by atoms with van der Waals surface area (Å²) in [6, 6.07) is 7.33. The van der Waals surface area contributed by atoms with Gasteiger partial charge < -0.3 is 10.1 Å². The largest absolute Gasteiger partial charge is 0.468 e. The highest BCUT2D eigenvalue weighted by Crippen LogP contribution is 2.18. The number of rotatable bonds is 4. The first-order valence-electron chi connectivity index (χ1n) is 6.97. The minimum Gasteiger partial charge on any atom is -0.468 e. The van der Waals surface area contributed by atoms with Crippen LogP contribution < -0.4 is 5.32 Å². The molecular weight excluding hydrogens is 383 g/mol. The number of esters is 1. The van der Waals surface area contributed by atoms with Gasteiger partial charge in [0.1, 0.15) is 6.04 Å². The van der Waals surface area contributed by atoms with Crippen LogP contribution in [0.25, 0.3) is 0 Å². The highest BCUT2D eigenvalue weighted by molar-refractivity contribution is 14.1. The molecule has 1 saturated heterocycles. The number of benzene rings is 1. The number of piperidine rings is 1. The van der Waals surface area contributed by atoms with Crippen molar-refractivity contribution in [3.8, 4) is 0 Å². The Morgan fingerprint density at radius 1 is 1.43 bits per heavy atom. The lowest BCUT2D eigenvalue weighted by molar-refractivity contribution is -0.148. The molecule has 0 spiro atoms. The van der Waals surface area contributed by atoms with E-state index in [2.05, 4.69) is 27.9 Å². The van der Waals surface area contributed by atoms with Crippen molar-refractivity contribution in [3.63, 3.8) is 0 Å². The molecule has 0 saturated carbocycles. The standard InChI is InChI=1S/C15H19IN2O3/c1-21-15(20)13-7-2-3-8-18(13)10-14(19)17-12-6-4-5-11(16)9-12/h4-6,9,13H,2-3,7-8,10H2,1H3,(H,17,19). The first-order chi connectivity index (χ1) is 10.1. The zero-order valence-electron chi connectivity index (χ0n) is 12.0. The lowest BCUT2D eigenvalue weighted by Gasteiger charge is -2.32. The number of nitrogens with one attached hydrogen (secondary N) is 1. The fraction of sp³-hybridized carbons (Fsp3) is 0.467. The molecule has 1 unspecified atom stereocenters. The van der Waals surface area contributed by atoms with Crippen LogP contribution >= 0.6 is 22.6 Å². The van der Waals surface area contributed by atoms with E-state index in [1.54, 1.807) is 0 Å². The number of ether oxygens (including phenoxy) is 1. The third-order valence-corrected chi connectivity index (χ3v) is 4.21. The lowest BCUT2D eigenvalue weighted by Crippen LogP contribution is -2.48. The van der Waals surface area contributed by atoms with Gasteiger partial charge in [0.2, 0.25) is 5.91 Å². The molecule has 1 aromatic carbocycles. The third-order valence-electron chi connectivity index (χ3n) is 3.54. The Hall–Kier alpha value is -1.15. The van der Waals surface area contributed by atoms with Gasteiger partial charge in [0.25, 0.3) is 0 Å². The van der Waals surface area contributed by atoms with Crippen molar-refractivity contribution in [1.82, 2.24) is 4.90 Å². The average Bonchev–Trinajstić information content (AvgIpc) is 2.47. The first-order valence-corrected chi connectivity index (χ1v) is 8.05. The van der Waals surface area contributed by atoms with Crippen molar-refractivity contribution < 1.29 is 14.3 Å². The van der Waals surface area contributed by atoms with Crippen LogP contribution in [0.1, 0.15) is 19.3 Å². The summed E-state index contributed by atoms with van der Waals surface area (Å²) in [5, 5.41) is 2.87. The molecular formula is C15H19IN2O3. The predicted octanol–water partition coefficient (Wildman–Crippen LogP) is 2.26. The number of carbonyl (C=O) groups excluding carboxylic acids is 2. The molecule has 2 rings (SSSR count). The Balaban J connectivity index is 1.95. The molecule has 0 bridgehead atoms. The second kappa shape index (κ2) is 7.74. The van der Waals surface area contributed by atoms with Crippen molar-refractivity contribution >= 4 is 40.2 Å². The van der Waals surface area contributed by atoms with Crippen molar-refractivity contribution in [3.05, 3.63) is 27.8 Å². The van der Waals surface area contributed by atoms with Gasteiger partial charge in [0.05, 0.1) is 13.7 Å². The SMILES string of the molecule is COC(=O)C1CCCCN1CC(=O)Nc1cccc(I)c1. The predicted molar refractivity (Wildman–Crippen MR) is 89.0 cm³/mol. The van der Waals surface area contributed by atoms with Gasteiger partial charge in [-0.3, -0.25) is 14.5 Å². The van der Waals surface area contributed by atoms with Crippen LogP contribution in [0.2, 0.25) is 0 Å². The molecule has 1 aliphatic rings. The van der Waals surface area contributed by atoms with Gasteiger partial charge in [-0.2, -0.15) is 0 Å². The molecule has 0 aromatic heterocycles. The molecule has 1 atom stereocenters. The number of carbonyl (C=O) groups is 2. The van der Waals surface area contributed by atoms with E-state index in [9.17, 15) is 9.59 Å². The Labute approximate surface area is 138 Å². The number of nitrogens with zero attached hydrogens (tertiary/aromatic N) is 1. The maximum atomic E-state index is 12.1. The summed E-state index contributed by atoms with van der Waals surface area (Å²) in [7, 11) is 1.39. The normalized spacial score (nSPS) is 19.0. The first kappa shape index (κ1) is 16.2. The van der Waals surface area contributed by atoms with Crippen LogP contribution in [0.3, 0.4) is 0 Å². The van der Waals surface area contributed by atoms with Gasteiger partial charge in [-0.15, -0.1) is 0 Å². The summed E-state index contributed by atoms with van der Waals surface area (Å²) in [4.78, 5) is 25.8. The van der Waals surface area contributed by atoms with E-state index >= 15 is 0 Å². The summed E-state index contributed by atoms with van der Waals surface area (Å²) in [6.45, 7) is 0.963. The topological polar surface area (TPSA) is 58.6 Å². The monoisotopic (exact) mass is 402 g/mol. The van der Waals surface area contributed by atoms with E-state index in [-0.39, 0.29) is 24.5 Å². The molecule has 0 radical (unpaired) electrons. The summed E-state index contributed by atoms with van der Waals surface area (Å²) in [5.74, 6) is -0.357. The second-order valence-corrected chi connectivity index (χ2v) is 6.31. The van der Waals surface area contributed by atoms with Crippen LogP contribution in [0.15, 0.2) is 24.3 Å². The van der Waals surface area contributed by atoms with Crippen molar-refractivity contribution in [2.24, 2.45) is 0 Å². The number of amides is 1. The second-order valence-electron chi connectivity index (χ2n) is 5.06. The van der Waals surface area contributed by atoms with Crippen molar-refractivity contribution in [1.29, 1.82) is 0 Å². The Morgan fingerprint density at radius 2 is 2.24 bits per heavy atom. The number of methoxy groups -OCH3 is 1. The minimum atomic E-state index is -0.301. The van der Waals surface area contributed by atoms with Gasteiger partial charge in [0, 0.05) is 9.26 Å². The third kappa shape index (κ3) is 4.67. The van der Waals surface area contributed by atoms with Crippen LogP contribution in [0, 0.1) is 3.57 Å². The molecule has 1 fully saturated rings. The number of halogens is 1. The molecule has 5 nitrogen and oxygen atoms in total. The zero-order chi connectivity index (χ0) is 15.2. The summed E-state index contributed by atoms with van der Waals surface area (Å²) in [5.41, 5.74) is 0.776. The summed E-state index contributed by atoms with van der Waals surface area (Å²) >= 11 is 2.20.